The van der Waals surface area contributed by atoms with Crippen LogP contribution in [0.1, 0.15) is 37.7 Å². The van der Waals surface area contributed by atoms with Crippen LogP contribution in [0.4, 0.5) is 10.5 Å². The van der Waals surface area contributed by atoms with E-state index in [1.165, 1.54) is 25.7 Å². The van der Waals surface area contributed by atoms with Crippen LogP contribution < -0.4 is 21.7 Å². The molecule has 3 rings (SSSR count). The largest absolute Gasteiger partial charge is 0.351 e. The molecule has 2 fully saturated rings. The molecule has 3 atom stereocenters. The van der Waals surface area contributed by atoms with Gasteiger partial charge in [-0.1, -0.05) is 25.0 Å². The first-order chi connectivity index (χ1) is 11.1. The predicted molar refractivity (Wildman–Crippen MR) is 88.8 cm³/mol. The zero-order valence-electron chi connectivity index (χ0n) is 13.2. The maximum Gasteiger partial charge on any atom is 0.316 e. The number of anilines is 1. The van der Waals surface area contributed by atoms with Crippen molar-refractivity contribution in [2.24, 2.45) is 11.7 Å². The third-order valence-electron chi connectivity index (χ3n) is 4.87. The summed E-state index contributed by atoms with van der Waals surface area (Å²) < 4.78 is 0. The van der Waals surface area contributed by atoms with Crippen molar-refractivity contribution in [3.05, 3.63) is 29.8 Å². The molecule has 1 aromatic rings. The highest BCUT2D eigenvalue weighted by molar-refractivity contribution is 5.87. The molecule has 0 aromatic heterocycles. The third-order valence-corrected chi connectivity index (χ3v) is 4.87. The number of fused-ring (bicyclic) bond motifs is 1. The van der Waals surface area contributed by atoms with Gasteiger partial charge in [0.25, 0.3) is 0 Å². The van der Waals surface area contributed by atoms with E-state index in [1.807, 2.05) is 12.1 Å². The van der Waals surface area contributed by atoms with Crippen molar-refractivity contribution >= 4 is 17.6 Å². The predicted octanol–water partition coefficient (Wildman–Crippen LogP) is 1.71. The molecular weight excluding hydrogens is 292 g/mol. The van der Waals surface area contributed by atoms with E-state index < -0.39 is 6.03 Å². The fourth-order valence-electron chi connectivity index (χ4n) is 3.68. The lowest BCUT2D eigenvalue weighted by molar-refractivity contribution is -0.123. The van der Waals surface area contributed by atoms with E-state index in [4.69, 9.17) is 5.73 Å². The van der Waals surface area contributed by atoms with Crippen LogP contribution >= 0.6 is 0 Å². The second-order valence-electron chi connectivity index (χ2n) is 6.51. The Morgan fingerprint density at radius 2 is 1.91 bits per heavy atom. The SMILES string of the molecule is NC(=O)Nc1ccc(CNC(=O)C2CC3CCCCC3N2)cc1. The molecule has 3 unspecified atom stereocenters. The summed E-state index contributed by atoms with van der Waals surface area (Å²) in [5.74, 6) is 0.748. The Hall–Kier alpha value is -2.08. The highest BCUT2D eigenvalue weighted by Gasteiger charge is 2.37. The minimum absolute atomic E-state index is 0.0566. The molecule has 0 spiro atoms. The van der Waals surface area contributed by atoms with Crippen LogP contribution in [-0.2, 0) is 11.3 Å². The van der Waals surface area contributed by atoms with Crippen molar-refractivity contribution in [2.75, 3.05) is 5.32 Å². The highest BCUT2D eigenvalue weighted by Crippen LogP contribution is 2.33. The lowest BCUT2D eigenvalue weighted by Gasteiger charge is -2.24. The van der Waals surface area contributed by atoms with E-state index in [-0.39, 0.29) is 11.9 Å². The number of rotatable bonds is 4. The summed E-state index contributed by atoms with van der Waals surface area (Å²) >= 11 is 0. The zero-order valence-corrected chi connectivity index (χ0v) is 13.2. The fraction of sp³-hybridized carbons (Fsp3) is 0.529. The van der Waals surface area contributed by atoms with Crippen LogP contribution in [0.2, 0.25) is 0 Å². The molecule has 5 N–H and O–H groups in total. The van der Waals surface area contributed by atoms with Crippen LogP contribution in [0.5, 0.6) is 0 Å². The van der Waals surface area contributed by atoms with E-state index in [2.05, 4.69) is 16.0 Å². The van der Waals surface area contributed by atoms with Crippen LogP contribution in [0, 0.1) is 5.92 Å². The molecule has 0 bridgehead atoms. The van der Waals surface area contributed by atoms with Crippen molar-refractivity contribution < 1.29 is 9.59 Å². The minimum atomic E-state index is -0.583. The first kappa shape index (κ1) is 15.8. The van der Waals surface area contributed by atoms with Gasteiger partial charge in [-0.3, -0.25) is 4.79 Å². The van der Waals surface area contributed by atoms with Gasteiger partial charge in [0.2, 0.25) is 5.91 Å². The number of carbonyl (C=O) groups excluding carboxylic acids is 2. The van der Waals surface area contributed by atoms with Crippen LogP contribution in [-0.4, -0.2) is 24.0 Å². The number of urea groups is 1. The van der Waals surface area contributed by atoms with Crippen molar-refractivity contribution in [1.82, 2.24) is 10.6 Å². The Morgan fingerprint density at radius 3 is 2.61 bits per heavy atom. The number of hydrogen-bond acceptors (Lipinski definition) is 3. The zero-order chi connectivity index (χ0) is 16.2. The number of carbonyl (C=O) groups is 2. The summed E-state index contributed by atoms with van der Waals surface area (Å²) in [6, 6.07) is 7.17. The second kappa shape index (κ2) is 7.00. The minimum Gasteiger partial charge on any atom is -0.351 e. The highest BCUT2D eigenvalue weighted by atomic mass is 16.2. The van der Waals surface area contributed by atoms with E-state index in [0.717, 1.165) is 12.0 Å². The Kier molecular flexibility index (Phi) is 4.81. The van der Waals surface area contributed by atoms with Crippen LogP contribution in [0.15, 0.2) is 24.3 Å². The second-order valence-corrected chi connectivity index (χ2v) is 6.51. The van der Waals surface area contributed by atoms with E-state index in [9.17, 15) is 9.59 Å². The molecule has 23 heavy (non-hydrogen) atoms. The fourth-order valence-corrected chi connectivity index (χ4v) is 3.68. The molecule has 1 aliphatic carbocycles. The number of primary amides is 1. The summed E-state index contributed by atoms with van der Waals surface area (Å²) in [7, 11) is 0. The Morgan fingerprint density at radius 1 is 1.17 bits per heavy atom. The van der Waals surface area contributed by atoms with Crippen molar-refractivity contribution in [3.63, 3.8) is 0 Å². The van der Waals surface area contributed by atoms with Crippen molar-refractivity contribution in [1.29, 1.82) is 0 Å². The number of nitrogens with one attached hydrogen (secondary N) is 3. The summed E-state index contributed by atoms with van der Waals surface area (Å²) in [5, 5.41) is 9.00. The third kappa shape index (κ3) is 4.01. The van der Waals surface area contributed by atoms with Crippen molar-refractivity contribution in [2.45, 2.75) is 50.7 Å². The monoisotopic (exact) mass is 316 g/mol. The van der Waals surface area contributed by atoms with Gasteiger partial charge in [-0.05, 0) is 42.9 Å². The van der Waals surface area contributed by atoms with E-state index in [1.54, 1.807) is 12.1 Å². The topological polar surface area (TPSA) is 96.2 Å². The molecule has 6 nitrogen and oxygen atoms in total. The Bertz CT molecular complexity index is 558. The maximum absolute atomic E-state index is 12.3. The summed E-state index contributed by atoms with van der Waals surface area (Å²) in [5.41, 5.74) is 6.70. The van der Waals surface area contributed by atoms with Gasteiger partial charge < -0.3 is 21.7 Å². The number of amides is 3. The molecular formula is C17H24N4O2. The van der Waals surface area contributed by atoms with Gasteiger partial charge in [-0.25, -0.2) is 4.79 Å². The van der Waals surface area contributed by atoms with Gasteiger partial charge in [0.05, 0.1) is 6.04 Å². The van der Waals surface area contributed by atoms with Gasteiger partial charge in [0.15, 0.2) is 0 Å². The molecule has 1 aromatic carbocycles. The smallest absolute Gasteiger partial charge is 0.316 e. The van der Waals surface area contributed by atoms with Gasteiger partial charge in [-0.2, -0.15) is 0 Å². The molecule has 1 saturated heterocycles. The van der Waals surface area contributed by atoms with Crippen molar-refractivity contribution in [3.8, 4) is 0 Å². The molecule has 1 heterocycles. The summed E-state index contributed by atoms with van der Waals surface area (Å²) in [6.45, 7) is 0.489. The quantitative estimate of drug-likeness (QED) is 0.681. The van der Waals surface area contributed by atoms with Gasteiger partial charge in [0, 0.05) is 18.3 Å². The van der Waals surface area contributed by atoms with Crippen LogP contribution in [0.3, 0.4) is 0 Å². The number of nitrogens with two attached hydrogens (primary N) is 1. The lowest BCUT2D eigenvalue weighted by atomic mass is 9.85. The molecule has 124 valence electrons. The number of hydrogen-bond donors (Lipinski definition) is 4. The van der Waals surface area contributed by atoms with Gasteiger partial charge in [-0.15, -0.1) is 0 Å². The summed E-state index contributed by atoms with van der Waals surface area (Å²) in [4.78, 5) is 23.1. The van der Waals surface area contributed by atoms with Crippen LogP contribution in [0.25, 0.3) is 0 Å². The van der Waals surface area contributed by atoms with Gasteiger partial charge >= 0.3 is 6.03 Å². The average Bonchev–Trinajstić information content (AvgIpc) is 2.97. The molecule has 1 saturated carbocycles. The summed E-state index contributed by atoms with van der Waals surface area (Å²) in [6.07, 6.45) is 5.97. The normalized spacial score (nSPS) is 26.3. The molecule has 0 radical (unpaired) electrons. The van der Waals surface area contributed by atoms with Gasteiger partial charge in [0.1, 0.15) is 0 Å². The average molecular weight is 316 g/mol. The first-order valence-electron chi connectivity index (χ1n) is 8.31. The first-order valence-corrected chi connectivity index (χ1v) is 8.31. The standard InChI is InChI=1S/C17H24N4O2/c18-17(23)20-13-7-5-11(6-8-13)10-19-16(22)15-9-12-3-1-2-4-14(12)21-15/h5-8,12,14-15,21H,1-4,9-10H2,(H,19,22)(H3,18,20,23). The molecule has 2 aliphatic rings. The lowest BCUT2D eigenvalue weighted by Crippen LogP contribution is -2.42. The Labute approximate surface area is 136 Å². The molecule has 3 amide bonds. The van der Waals surface area contributed by atoms with E-state index in [0.29, 0.717) is 24.2 Å². The molecule has 6 heteroatoms. The Balaban J connectivity index is 1.48. The van der Waals surface area contributed by atoms with E-state index >= 15 is 0 Å². The molecule has 1 aliphatic heterocycles. The maximum atomic E-state index is 12.3. The number of benzene rings is 1.